The van der Waals surface area contributed by atoms with Crippen LogP contribution in [0.4, 0.5) is 0 Å². The van der Waals surface area contributed by atoms with Crippen molar-refractivity contribution in [3.8, 4) is 0 Å². The first-order valence-electron chi connectivity index (χ1n) is 4.00. The third-order valence-electron chi connectivity index (χ3n) is 0. The van der Waals surface area contributed by atoms with Gasteiger partial charge in [-0.25, -0.2) is 0 Å². The topological polar surface area (TPSA) is 0 Å². The first-order valence-corrected chi connectivity index (χ1v) is 4.00. The molecule has 14 heavy (non-hydrogen) atoms. The molecule has 0 rings (SSSR count). The zero-order chi connectivity index (χ0) is 9.00. The Morgan fingerprint density at radius 3 is 0.357 bits per heavy atom. The molecule has 0 aromatic rings. The summed E-state index contributed by atoms with van der Waals surface area (Å²) in [6.45, 7) is 17.5. The van der Waals surface area contributed by atoms with Crippen LogP contribution >= 0.6 is 0 Å². The lowest BCUT2D eigenvalue weighted by Crippen LogP contribution is -1.93. The zero-order valence-electron chi connectivity index (χ0n) is 9.00. The van der Waals surface area contributed by atoms with Crippen LogP contribution in [0.2, 0.25) is 0 Å². The van der Waals surface area contributed by atoms with Crippen LogP contribution in [-0.2, 0) is 0 Å². The fraction of sp³-hybridized carbons (Fsp3) is 1.00. The van der Waals surface area contributed by atoms with Gasteiger partial charge in [0, 0.05) is 0 Å². The van der Waals surface area contributed by atoms with Gasteiger partial charge in [-0.2, -0.15) is 0 Å². The highest BCUT2D eigenvalue weighted by Gasteiger charge is 1.96. The molecular formula is C14H40. The van der Waals surface area contributed by atoms with E-state index in [0.717, 1.165) is 0 Å². The summed E-state index contributed by atoms with van der Waals surface area (Å²) < 4.78 is 0. The van der Waals surface area contributed by atoms with E-state index in [2.05, 4.69) is 55.4 Å². The minimum atomic E-state index is 0. The number of hydrogen-bond donors (Lipinski definition) is 0. The molecule has 0 radical (unpaired) electrons. The van der Waals surface area contributed by atoms with Gasteiger partial charge >= 0.3 is 0 Å². The molecule has 0 aliphatic rings. The van der Waals surface area contributed by atoms with Crippen molar-refractivity contribution in [2.24, 2.45) is 10.8 Å². The minimum Gasteiger partial charge on any atom is -0.0776 e. The van der Waals surface area contributed by atoms with Gasteiger partial charge in [0.05, 0.1) is 0 Å². The largest absolute Gasteiger partial charge is 0.0776 e. The maximum Gasteiger partial charge on any atom is -0.0411 e. The van der Waals surface area contributed by atoms with Crippen molar-refractivity contribution in [1.29, 1.82) is 0 Å². The second kappa shape index (κ2) is 13.0. The van der Waals surface area contributed by atoms with Crippen molar-refractivity contribution in [3.05, 3.63) is 0 Å². The summed E-state index contributed by atoms with van der Waals surface area (Å²) >= 11 is 0. The molecule has 0 saturated heterocycles. The highest BCUT2D eigenvalue weighted by Crippen LogP contribution is 2.08. The Bertz CT molecular complexity index is 43.0. The van der Waals surface area contributed by atoms with E-state index >= 15 is 0 Å². The molecule has 0 bridgehead atoms. The summed E-state index contributed by atoms with van der Waals surface area (Å²) in [6, 6.07) is 0. The number of rotatable bonds is 0. The molecule has 0 N–H and O–H groups in total. The summed E-state index contributed by atoms with van der Waals surface area (Å²) in [7, 11) is 0. The average molecular weight is 208 g/mol. The quantitative estimate of drug-likeness (QED) is 0.418. The second-order valence-corrected chi connectivity index (χ2v) is 6.00. The molecule has 0 nitrogen and oxygen atoms in total. The standard InChI is InChI=1S/2C5H12.4CH4/c2*1-5(2,3)4;;;;/h2*1-4H3;4*1H4. The smallest absolute Gasteiger partial charge is 0.0411 e. The Balaban J connectivity index is -0.0000000178. The van der Waals surface area contributed by atoms with Crippen LogP contribution in [-0.4, -0.2) is 0 Å². The fourth-order valence-corrected chi connectivity index (χ4v) is 0. The average Bonchev–Trinajstić information content (AvgIpc) is 1.12. The van der Waals surface area contributed by atoms with E-state index in [9.17, 15) is 0 Å². The second-order valence-electron chi connectivity index (χ2n) is 6.00. The van der Waals surface area contributed by atoms with Crippen LogP contribution in [0.3, 0.4) is 0 Å². The van der Waals surface area contributed by atoms with Crippen LogP contribution in [0.1, 0.15) is 85.1 Å². The SMILES string of the molecule is C.C.C.C.CC(C)(C)C.CC(C)(C)C. The van der Waals surface area contributed by atoms with Gasteiger partial charge in [-0.15, -0.1) is 0 Å². The van der Waals surface area contributed by atoms with Crippen LogP contribution in [0, 0.1) is 10.8 Å². The molecule has 0 spiro atoms. The normalized spacial score (nSPS) is 8.57. The zero-order valence-corrected chi connectivity index (χ0v) is 9.00. The van der Waals surface area contributed by atoms with Gasteiger partial charge in [0.15, 0.2) is 0 Å². The van der Waals surface area contributed by atoms with Gasteiger partial charge in [0.2, 0.25) is 0 Å². The van der Waals surface area contributed by atoms with Crippen LogP contribution < -0.4 is 0 Å². The maximum atomic E-state index is 2.19. The first kappa shape index (κ1) is 37.0. The minimum absolute atomic E-state index is 0. The van der Waals surface area contributed by atoms with E-state index in [-0.39, 0.29) is 29.7 Å². The monoisotopic (exact) mass is 208 g/mol. The van der Waals surface area contributed by atoms with Crippen molar-refractivity contribution >= 4 is 0 Å². The molecule has 0 atom stereocenters. The third-order valence-corrected chi connectivity index (χ3v) is 0. The molecule has 0 aliphatic carbocycles. The van der Waals surface area contributed by atoms with E-state index < -0.39 is 0 Å². The van der Waals surface area contributed by atoms with E-state index in [1.165, 1.54) is 0 Å². The molecule has 0 aromatic heterocycles. The molecule has 0 heteroatoms. The van der Waals surface area contributed by atoms with Crippen LogP contribution in [0.25, 0.3) is 0 Å². The number of hydrogen-bond acceptors (Lipinski definition) is 0. The molecule has 0 fully saturated rings. The summed E-state index contributed by atoms with van der Waals surface area (Å²) in [5.74, 6) is 0. The lowest BCUT2D eigenvalue weighted by molar-refractivity contribution is 0.469. The Labute approximate surface area is 96.5 Å². The Morgan fingerprint density at radius 2 is 0.357 bits per heavy atom. The summed E-state index contributed by atoms with van der Waals surface area (Å²) in [5.41, 5.74) is 1.00. The van der Waals surface area contributed by atoms with E-state index in [1.807, 2.05) is 0 Å². The molecule has 0 aromatic carbocycles. The first-order chi connectivity index (χ1) is 4.00. The Hall–Kier alpha value is 0. The molecule has 96 valence electrons. The van der Waals surface area contributed by atoms with Crippen molar-refractivity contribution in [2.75, 3.05) is 0 Å². The molecule has 0 heterocycles. The van der Waals surface area contributed by atoms with Gasteiger partial charge in [-0.1, -0.05) is 85.1 Å². The molecule has 0 aliphatic heterocycles. The fourth-order valence-electron chi connectivity index (χ4n) is 0. The van der Waals surface area contributed by atoms with Crippen molar-refractivity contribution in [2.45, 2.75) is 85.1 Å². The molecule has 0 saturated carbocycles. The van der Waals surface area contributed by atoms with E-state index in [1.54, 1.807) is 0 Å². The van der Waals surface area contributed by atoms with Crippen molar-refractivity contribution in [1.82, 2.24) is 0 Å². The van der Waals surface area contributed by atoms with Gasteiger partial charge in [0.1, 0.15) is 0 Å². The van der Waals surface area contributed by atoms with Gasteiger partial charge in [0.25, 0.3) is 0 Å². The van der Waals surface area contributed by atoms with Gasteiger partial charge < -0.3 is 0 Å². The molecular weight excluding hydrogens is 168 g/mol. The predicted molar refractivity (Wildman–Crippen MR) is 77.2 cm³/mol. The van der Waals surface area contributed by atoms with E-state index in [0.29, 0.717) is 10.8 Å². The third kappa shape index (κ3) is 0. The van der Waals surface area contributed by atoms with Crippen LogP contribution in [0.15, 0.2) is 0 Å². The highest BCUT2D eigenvalue weighted by atomic mass is 14.0. The van der Waals surface area contributed by atoms with Gasteiger partial charge in [-0.05, 0) is 10.8 Å². The lowest BCUT2D eigenvalue weighted by atomic mass is 10.0. The molecule has 0 amide bonds. The highest BCUT2D eigenvalue weighted by molar-refractivity contribution is 4.47. The Kier molecular flexibility index (Phi) is 34.3. The molecule has 0 unspecified atom stereocenters. The maximum absolute atomic E-state index is 2.19. The lowest BCUT2D eigenvalue weighted by Gasteiger charge is -2.05. The van der Waals surface area contributed by atoms with Gasteiger partial charge in [-0.3, -0.25) is 0 Å². The van der Waals surface area contributed by atoms with E-state index in [4.69, 9.17) is 0 Å². The summed E-state index contributed by atoms with van der Waals surface area (Å²) in [5, 5.41) is 0. The Morgan fingerprint density at radius 1 is 0.357 bits per heavy atom. The summed E-state index contributed by atoms with van der Waals surface area (Å²) in [6.07, 6.45) is 0. The predicted octanol–water partition coefficient (Wildman–Crippen LogP) is 6.65. The summed E-state index contributed by atoms with van der Waals surface area (Å²) in [4.78, 5) is 0. The van der Waals surface area contributed by atoms with Crippen molar-refractivity contribution < 1.29 is 0 Å². The van der Waals surface area contributed by atoms with Crippen LogP contribution in [0.5, 0.6) is 0 Å². The van der Waals surface area contributed by atoms with Crippen molar-refractivity contribution in [3.63, 3.8) is 0 Å².